The first-order chi connectivity index (χ1) is 14.2. The van der Waals surface area contributed by atoms with E-state index in [1.54, 1.807) is 7.11 Å². The molecule has 1 saturated carbocycles. The van der Waals surface area contributed by atoms with Crippen molar-refractivity contribution < 1.29 is 9.47 Å². The highest BCUT2D eigenvalue weighted by atomic mass is 16.5. The van der Waals surface area contributed by atoms with Crippen LogP contribution in [0.1, 0.15) is 56.6 Å². The summed E-state index contributed by atoms with van der Waals surface area (Å²) < 4.78 is 11.8. The third-order valence-corrected chi connectivity index (χ3v) is 6.83. The first-order valence-corrected chi connectivity index (χ1v) is 11.2. The molecular weight excluding hydrogens is 364 g/mol. The van der Waals surface area contributed by atoms with Crippen molar-refractivity contribution in [2.75, 3.05) is 40.4 Å². The standard InChI is InChI=1S/C23H36N4O2/c1-24-22(25-17-18-8-7-13-27(18)14-15-28-2)26-20-16-23(11-5-6-12-23)29-21-10-4-3-9-19(20)21/h3-4,9-10,18,20H,5-8,11-17H2,1-2H3,(H2,24,25,26). The number of methoxy groups -OCH3 is 1. The molecule has 3 aliphatic rings. The number of benzene rings is 1. The van der Waals surface area contributed by atoms with Crippen LogP contribution in [0.25, 0.3) is 0 Å². The van der Waals surface area contributed by atoms with Crippen LogP contribution in [0.5, 0.6) is 5.75 Å². The summed E-state index contributed by atoms with van der Waals surface area (Å²) in [5.74, 6) is 1.92. The van der Waals surface area contributed by atoms with E-state index in [9.17, 15) is 0 Å². The number of nitrogens with zero attached hydrogens (tertiary/aromatic N) is 2. The second-order valence-electron chi connectivity index (χ2n) is 8.71. The lowest BCUT2D eigenvalue weighted by Gasteiger charge is -2.40. The van der Waals surface area contributed by atoms with E-state index in [-0.39, 0.29) is 11.6 Å². The smallest absolute Gasteiger partial charge is 0.191 e. The lowest BCUT2D eigenvalue weighted by molar-refractivity contribution is 0.0396. The molecule has 0 aromatic heterocycles. The van der Waals surface area contributed by atoms with E-state index in [2.05, 4.69) is 44.8 Å². The van der Waals surface area contributed by atoms with Crippen molar-refractivity contribution in [1.82, 2.24) is 15.5 Å². The Morgan fingerprint density at radius 3 is 2.90 bits per heavy atom. The van der Waals surface area contributed by atoms with E-state index in [1.165, 1.54) is 31.2 Å². The molecule has 1 aromatic rings. The maximum atomic E-state index is 6.50. The van der Waals surface area contributed by atoms with Gasteiger partial charge in [0, 0.05) is 45.3 Å². The Labute approximate surface area is 175 Å². The van der Waals surface area contributed by atoms with Gasteiger partial charge < -0.3 is 20.1 Å². The molecule has 2 heterocycles. The second-order valence-corrected chi connectivity index (χ2v) is 8.71. The van der Waals surface area contributed by atoms with Crippen LogP contribution in [0.3, 0.4) is 0 Å². The van der Waals surface area contributed by atoms with Gasteiger partial charge in [0.1, 0.15) is 11.4 Å². The molecule has 6 nitrogen and oxygen atoms in total. The number of hydrogen-bond donors (Lipinski definition) is 2. The molecule has 2 unspecified atom stereocenters. The summed E-state index contributed by atoms with van der Waals surface area (Å²) in [6.45, 7) is 3.88. The molecule has 0 radical (unpaired) electrons. The largest absolute Gasteiger partial charge is 0.487 e. The fourth-order valence-corrected chi connectivity index (χ4v) is 5.28. The van der Waals surface area contributed by atoms with Crippen molar-refractivity contribution in [3.63, 3.8) is 0 Å². The maximum Gasteiger partial charge on any atom is 0.191 e. The number of likely N-dealkylation sites (tertiary alicyclic amines) is 1. The number of rotatable bonds is 6. The second kappa shape index (κ2) is 9.35. The lowest BCUT2D eigenvalue weighted by Crippen LogP contribution is -2.49. The Bertz CT molecular complexity index is 702. The fraction of sp³-hybridized carbons (Fsp3) is 0.696. The summed E-state index contributed by atoms with van der Waals surface area (Å²) in [5, 5.41) is 7.30. The van der Waals surface area contributed by atoms with E-state index < -0.39 is 0 Å². The monoisotopic (exact) mass is 400 g/mol. The molecule has 4 rings (SSSR count). The molecule has 2 fully saturated rings. The Kier molecular flexibility index (Phi) is 6.60. The van der Waals surface area contributed by atoms with Gasteiger partial charge in [-0.3, -0.25) is 9.89 Å². The minimum atomic E-state index is -0.00667. The van der Waals surface area contributed by atoms with Crippen LogP contribution in [0.2, 0.25) is 0 Å². The predicted molar refractivity (Wildman–Crippen MR) is 117 cm³/mol. The fourth-order valence-electron chi connectivity index (χ4n) is 5.28. The van der Waals surface area contributed by atoms with Gasteiger partial charge in [-0.1, -0.05) is 18.2 Å². The quantitative estimate of drug-likeness (QED) is 0.568. The van der Waals surface area contributed by atoms with Crippen molar-refractivity contribution in [2.45, 2.75) is 62.6 Å². The molecule has 2 aliphatic heterocycles. The van der Waals surface area contributed by atoms with Crippen molar-refractivity contribution in [3.8, 4) is 5.75 Å². The summed E-state index contributed by atoms with van der Waals surface area (Å²) in [7, 11) is 3.64. The number of hydrogen-bond acceptors (Lipinski definition) is 4. The van der Waals surface area contributed by atoms with Gasteiger partial charge in [0.05, 0.1) is 12.6 Å². The molecule has 0 bridgehead atoms. The van der Waals surface area contributed by atoms with Crippen LogP contribution in [0.4, 0.5) is 0 Å². The number of guanidine groups is 1. The zero-order valence-corrected chi connectivity index (χ0v) is 18.0. The third-order valence-electron chi connectivity index (χ3n) is 6.83. The van der Waals surface area contributed by atoms with E-state index in [4.69, 9.17) is 9.47 Å². The van der Waals surface area contributed by atoms with E-state index in [1.807, 2.05) is 7.05 Å². The van der Waals surface area contributed by atoms with Gasteiger partial charge in [-0.15, -0.1) is 0 Å². The van der Waals surface area contributed by atoms with Crippen molar-refractivity contribution in [1.29, 1.82) is 0 Å². The molecule has 0 amide bonds. The summed E-state index contributed by atoms with van der Waals surface area (Å²) in [6, 6.07) is 9.26. The molecule has 1 spiro atoms. The van der Waals surface area contributed by atoms with Gasteiger partial charge >= 0.3 is 0 Å². The Morgan fingerprint density at radius 2 is 2.10 bits per heavy atom. The highest BCUT2D eigenvalue weighted by Gasteiger charge is 2.43. The van der Waals surface area contributed by atoms with Crippen LogP contribution in [0, 0.1) is 0 Å². The number of nitrogens with one attached hydrogen (secondary N) is 2. The van der Waals surface area contributed by atoms with Crippen molar-refractivity contribution in [2.24, 2.45) is 4.99 Å². The van der Waals surface area contributed by atoms with Crippen LogP contribution >= 0.6 is 0 Å². The van der Waals surface area contributed by atoms with Gasteiger partial charge in [0.15, 0.2) is 5.96 Å². The van der Waals surface area contributed by atoms with Gasteiger partial charge in [-0.25, -0.2) is 0 Å². The Balaban J connectivity index is 1.40. The molecule has 2 N–H and O–H groups in total. The highest BCUT2D eigenvalue weighted by molar-refractivity contribution is 5.80. The van der Waals surface area contributed by atoms with Crippen LogP contribution in [-0.2, 0) is 4.74 Å². The zero-order chi connectivity index (χ0) is 20.1. The Hall–Kier alpha value is -1.79. The molecule has 6 heteroatoms. The number of ether oxygens (including phenoxy) is 2. The third kappa shape index (κ3) is 4.69. The highest BCUT2D eigenvalue weighted by Crippen LogP contribution is 2.46. The maximum absolute atomic E-state index is 6.50. The van der Waals surface area contributed by atoms with Crippen LogP contribution < -0.4 is 15.4 Å². The molecule has 160 valence electrons. The number of fused-ring (bicyclic) bond motifs is 1. The molecular formula is C23H36N4O2. The van der Waals surface area contributed by atoms with Crippen molar-refractivity contribution >= 4 is 5.96 Å². The molecule has 1 aromatic carbocycles. The first kappa shape index (κ1) is 20.5. The summed E-state index contributed by atoms with van der Waals surface area (Å²) in [6.07, 6.45) is 8.34. The molecule has 1 aliphatic carbocycles. The van der Waals surface area contributed by atoms with Gasteiger partial charge in [-0.2, -0.15) is 0 Å². The average molecular weight is 401 g/mol. The summed E-state index contributed by atoms with van der Waals surface area (Å²) in [5.41, 5.74) is 1.24. The van der Waals surface area contributed by atoms with Gasteiger partial charge in [0.25, 0.3) is 0 Å². The minimum absolute atomic E-state index is 0.00667. The summed E-state index contributed by atoms with van der Waals surface area (Å²) >= 11 is 0. The number of para-hydroxylation sites is 1. The van der Waals surface area contributed by atoms with Gasteiger partial charge in [-0.05, 0) is 51.1 Å². The SMILES string of the molecule is CN=C(NCC1CCCN1CCOC)NC1CC2(CCCC2)Oc2ccccc21. The topological polar surface area (TPSA) is 58.1 Å². The van der Waals surface area contributed by atoms with Crippen molar-refractivity contribution in [3.05, 3.63) is 29.8 Å². The van der Waals surface area contributed by atoms with E-state index >= 15 is 0 Å². The average Bonchev–Trinajstić information content (AvgIpc) is 3.38. The van der Waals surface area contributed by atoms with E-state index in [0.29, 0.717) is 6.04 Å². The normalized spacial score (nSPS) is 26.3. The van der Waals surface area contributed by atoms with E-state index in [0.717, 1.165) is 57.2 Å². The molecule has 2 atom stereocenters. The minimum Gasteiger partial charge on any atom is -0.487 e. The summed E-state index contributed by atoms with van der Waals surface area (Å²) in [4.78, 5) is 7.06. The zero-order valence-electron chi connectivity index (χ0n) is 18.0. The predicted octanol–water partition coefficient (Wildman–Crippen LogP) is 3.10. The lowest BCUT2D eigenvalue weighted by atomic mass is 9.86. The number of aliphatic imine (C=N–C) groups is 1. The van der Waals surface area contributed by atoms with Crippen LogP contribution in [0.15, 0.2) is 29.3 Å². The first-order valence-electron chi connectivity index (χ1n) is 11.2. The Morgan fingerprint density at radius 1 is 1.28 bits per heavy atom. The van der Waals surface area contributed by atoms with Crippen LogP contribution in [-0.4, -0.2) is 62.9 Å². The molecule has 1 saturated heterocycles. The van der Waals surface area contributed by atoms with Gasteiger partial charge in [0.2, 0.25) is 0 Å². The molecule has 29 heavy (non-hydrogen) atoms.